The highest BCUT2D eigenvalue weighted by molar-refractivity contribution is 5.94. The minimum Gasteiger partial charge on any atom is -0.478 e. The van der Waals surface area contributed by atoms with Gasteiger partial charge in [-0.2, -0.15) is 10.2 Å². The van der Waals surface area contributed by atoms with Crippen molar-refractivity contribution in [1.82, 2.24) is 24.9 Å². The largest absolute Gasteiger partial charge is 0.478 e. The summed E-state index contributed by atoms with van der Waals surface area (Å²) in [5, 5.41) is 20.2. The first-order valence-electron chi connectivity index (χ1n) is 8.04. The van der Waals surface area contributed by atoms with E-state index in [1.165, 1.54) is 10.9 Å². The van der Waals surface area contributed by atoms with E-state index in [9.17, 15) is 9.59 Å². The van der Waals surface area contributed by atoms with Crippen LogP contribution in [0.15, 0.2) is 42.9 Å². The van der Waals surface area contributed by atoms with Crippen LogP contribution in [-0.4, -0.2) is 36.5 Å². The quantitative estimate of drug-likeness (QED) is 0.731. The van der Waals surface area contributed by atoms with Gasteiger partial charge in [-0.25, -0.2) is 9.48 Å². The van der Waals surface area contributed by atoms with E-state index in [0.717, 1.165) is 5.56 Å². The van der Waals surface area contributed by atoms with Crippen LogP contribution in [-0.2, 0) is 7.05 Å². The van der Waals surface area contributed by atoms with Crippen LogP contribution in [0.1, 0.15) is 44.9 Å². The molecule has 0 radical (unpaired) electrons. The van der Waals surface area contributed by atoms with E-state index in [4.69, 9.17) is 5.11 Å². The lowest BCUT2D eigenvalue weighted by atomic mass is 10.1. The van der Waals surface area contributed by atoms with Crippen molar-refractivity contribution in [3.8, 4) is 5.69 Å². The third-order valence-corrected chi connectivity index (χ3v) is 4.19. The number of carbonyl (C=O) groups is 2. The molecule has 3 rings (SSSR count). The molecule has 2 aromatic heterocycles. The highest BCUT2D eigenvalue weighted by Crippen LogP contribution is 2.16. The van der Waals surface area contributed by atoms with Crippen LogP contribution < -0.4 is 5.32 Å². The zero-order valence-electron chi connectivity index (χ0n) is 14.7. The Kier molecular flexibility index (Phi) is 4.57. The topological polar surface area (TPSA) is 102 Å². The molecular weight excluding hydrogens is 334 g/mol. The van der Waals surface area contributed by atoms with Crippen LogP contribution in [0.3, 0.4) is 0 Å². The molecule has 0 aliphatic rings. The number of aromatic nitrogens is 4. The molecule has 2 heterocycles. The molecule has 1 amide bonds. The Balaban J connectivity index is 1.75. The van der Waals surface area contributed by atoms with Gasteiger partial charge in [0, 0.05) is 24.4 Å². The third-order valence-electron chi connectivity index (χ3n) is 4.19. The van der Waals surface area contributed by atoms with E-state index >= 15 is 0 Å². The SMILES string of the molecule is Cc1c(C(=O)O)cnn1-c1ccc(C(=O)NC(C)c2cnn(C)c2)cc1. The fourth-order valence-corrected chi connectivity index (χ4v) is 2.66. The van der Waals surface area contributed by atoms with E-state index < -0.39 is 5.97 Å². The van der Waals surface area contributed by atoms with Crippen molar-refractivity contribution in [2.75, 3.05) is 0 Å². The maximum absolute atomic E-state index is 12.4. The fraction of sp³-hybridized carbons (Fsp3) is 0.222. The first kappa shape index (κ1) is 17.4. The van der Waals surface area contributed by atoms with Gasteiger partial charge in [0.25, 0.3) is 5.91 Å². The molecule has 134 valence electrons. The number of aromatic carboxylic acids is 1. The van der Waals surface area contributed by atoms with Crippen molar-refractivity contribution in [3.63, 3.8) is 0 Å². The molecule has 3 aromatic rings. The molecule has 2 N–H and O–H groups in total. The van der Waals surface area contributed by atoms with Gasteiger partial charge in [0.1, 0.15) is 5.56 Å². The van der Waals surface area contributed by atoms with Gasteiger partial charge >= 0.3 is 5.97 Å². The Morgan fingerprint density at radius 1 is 1.15 bits per heavy atom. The maximum atomic E-state index is 12.4. The zero-order chi connectivity index (χ0) is 18.8. The van der Waals surface area contributed by atoms with Crippen molar-refractivity contribution in [2.24, 2.45) is 7.05 Å². The van der Waals surface area contributed by atoms with Crippen molar-refractivity contribution in [2.45, 2.75) is 19.9 Å². The standard InChI is InChI=1S/C18H19N5O3/c1-11(14-8-19-22(3)10-14)21-17(24)13-4-6-15(7-5-13)23-12(2)16(9-20-23)18(25)26/h4-11H,1-3H3,(H,21,24)(H,25,26). The van der Waals surface area contributed by atoms with E-state index in [1.807, 2.05) is 20.2 Å². The minimum absolute atomic E-state index is 0.150. The number of amides is 1. The highest BCUT2D eigenvalue weighted by atomic mass is 16.4. The molecule has 8 nitrogen and oxygen atoms in total. The lowest BCUT2D eigenvalue weighted by Gasteiger charge is -2.12. The third kappa shape index (κ3) is 3.34. The molecule has 0 fully saturated rings. The summed E-state index contributed by atoms with van der Waals surface area (Å²) in [6.07, 6.45) is 4.89. The number of hydrogen-bond acceptors (Lipinski definition) is 4. The van der Waals surface area contributed by atoms with Crippen molar-refractivity contribution in [1.29, 1.82) is 0 Å². The van der Waals surface area contributed by atoms with Gasteiger partial charge in [0.2, 0.25) is 0 Å². The molecule has 0 aliphatic heterocycles. The fourth-order valence-electron chi connectivity index (χ4n) is 2.66. The summed E-state index contributed by atoms with van der Waals surface area (Å²) in [6.45, 7) is 3.58. The van der Waals surface area contributed by atoms with Gasteiger partial charge in [0.15, 0.2) is 0 Å². The second-order valence-corrected chi connectivity index (χ2v) is 6.05. The Bertz CT molecular complexity index is 956. The number of carboxylic acid groups (broad SMARTS) is 1. The molecule has 26 heavy (non-hydrogen) atoms. The molecule has 0 aliphatic carbocycles. The van der Waals surface area contributed by atoms with Crippen LogP contribution in [0.4, 0.5) is 0 Å². The van der Waals surface area contributed by atoms with Gasteiger partial charge in [0.05, 0.1) is 29.8 Å². The lowest BCUT2D eigenvalue weighted by Crippen LogP contribution is -2.26. The van der Waals surface area contributed by atoms with Gasteiger partial charge in [-0.15, -0.1) is 0 Å². The first-order chi connectivity index (χ1) is 12.4. The van der Waals surface area contributed by atoms with Crippen LogP contribution >= 0.6 is 0 Å². The van der Waals surface area contributed by atoms with Crippen LogP contribution in [0, 0.1) is 6.92 Å². The molecule has 0 spiro atoms. The second-order valence-electron chi connectivity index (χ2n) is 6.05. The van der Waals surface area contributed by atoms with Crippen LogP contribution in [0.2, 0.25) is 0 Å². The summed E-state index contributed by atoms with van der Waals surface area (Å²) in [4.78, 5) is 23.5. The number of benzene rings is 1. The second kappa shape index (κ2) is 6.83. The molecule has 1 atom stereocenters. The molecule has 1 unspecified atom stereocenters. The Hall–Kier alpha value is -3.42. The number of rotatable bonds is 5. The summed E-state index contributed by atoms with van der Waals surface area (Å²) in [5.41, 5.74) is 2.79. The Morgan fingerprint density at radius 2 is 1.85 bits per heavy atom. The number of hydrogen-bond donors (Lipinski definition) is 2. The Morgan fingerprint density at radius 3 is 2.38 bits per heavy atom. The number of carboxylic acids is 1. The predicted octanol–water partition coefficient (Wildman–Crippen LogP) is 2.10. The van der Waals surface area contributed by atoms with E-state index in [2.05, 4.69) is 15.5 Å². The number of nitrogens with zero attached hydrogens (tertiary/aromatic N) is 4. The highest BCUT2D eigenvalue weighted by Gasteiger charge is 2.15. The Labute approximate surface area is 150 Å². The normalized spacial score (nSPS) is 12.0. The lowest BCUT2D eigenvalue weighted by molar-refractivity contribution is 0.0695. The predicted molar refractivity (Wildman–Crippen MR) is 94.3 cm³/mol. The number of nitrogens with one attached hydrogen (secondary N) is 1. The average molecular weight is 353 g/mol. The summed E-state index contributed by atoms with van der Waals surface area (Å²) in [6, 6.07) is 6.66. The molecular formula is C18H19N5O3. The minimum atomic E-state index is -1.02. The molecule has 1 aromatic carbocycles. The molecule has 0 saturated heterocycles. The maximum Gasteiger partial charge on any atom is 0.339 e. The van der Waals surface area contributed by atoms with Crippen molar-refractivity contribution < 1.29 is 14.7 Å². The molecule has 0 bridgehead atoms. The summed E-state index contributed by atoms with van der Waals surface area (Å²) in [5.74, 6) is -1.22. The molecule has 8 heteroatoms. The average Bonchev–Trinajstić information content (AvgIpc) is 3.21. The summed E-state index contributed by atoms with van der Waals surface area (Å²) >= 11 is 0. The van der Waals surface area contributed by atoms with Crippen LogP contribution in [0.25, 0.3) is 5.69 Å². The summed E-state index contributed by atoms with van der Waals surface area (Å²) < 4.78 is 3.22. The van der Waals surface area contributed by atoms with Gasteiger partial charge in [-0.1, -0.05) is 0 Å². The zero-order valence-corrected chi connectivity index (χ0v) is 14.7. The molecule has 0 saturated carbocycles. The first-order valence-corrected chi connectivity index (χ1v) is 8.04. The summed E-state index contributed by atoms with van der Waals surface area (Å²) in [7, 11) is 1.82. The monoisotopic (exact) mass is 353 g/mol. The van der Waals surface area contributed by atoms with Crippen molar-refractivity contribution >= 4 is 11.9 Å². The number of carbonyl (C=O) groups excluding carboxylic acids is 1. The van der Waals surface area contributed by atoms with E-state index in [-0.39, 0.29) is 17.5 Å². The van der Waals surface area contributed by atoms with Crippen molar-refractivity contribution in [3.05, 3.63) is 65.2 Å². The smallest absolute Gasteiger partial charge is 0.339 e. The van der Waals surface area contributed by atoms with E-state index in [1.54, 1.807) is 42.1 Å². The van der Waals surface area contributed by atoms with Gasteiger partial charge < -0.3 is 10.4 Å². The van der Waals surface area contributed by atoms with E-state index in [0.29, 0.717) is 16.9 Å². The van der Waals surface area contributed by atoms with Gasteiger partial charge in [-0.05, 0) is 38.1 Å². The van der Waals surface area contributed by atoms with Gasteiger partial charge in [-0.3, -0.25) is 9.48 Å². The number of aryl methyl sites for hydroxylation is 1. The van der Waals surface area contributed by atoms with Crippen LogP contribution in [0.5, 0.6) is 0 Å².